The van der Waals surface area contributed by atoms with Crippen molar-refractivity contribution in [1.29, 1.82) is 0 Å². The van der Waals surface area contributed by atoms with Crippen molar-refractivity contribution >= 4 is 17.7 Å². The molecule has 0 aromatic heterocycles. The van der Waals surface area contributed by atoms with Gasteiger partial charge in [-0.05, 0) is 24.6 Å². The Kier molecular flexibility index (Phi) is 6.43. The van der Waals surface area contributed by atoms with Gasteiger partial charge in [-0.15, -0.1) is 0 Å². The molecule has 1 heterocycles. The Balaban J connectivity index is 1.96. The average Bonchev–Trinajstić information content (AvgIpc) is 2.66. The summed E-state index contributed by atoms with van der Waals surface area (Å²) >= 11 is 0. The van der Waals surface area contributed by atoms with Gasteiger partial charge in [-0.2, -0.15) is 0 Å². The van der Waals surface area contributed by atoms with Gasteiger partial charge in [0.1, 0.15) is 0 Å². The maximum atomic E-state index is 12.3. The van der Waals surface area contributed by atoms with Gasteiger partial charge in [0.15, 0.2) is 11.5 Å². The molecule has 1 N–H and O–H groups in total. The minimum atomic E-state index is -0.663. The number of nitrogens with zero attached hydrogens (tertiary/aromatic N) is 2. The van der Waals surface area contributed by atoms with Crippen LogP contribution in [0.4, 0.5) is 0 Å². The zero-order chi connectivity index (χ0) is 19.3. The van der Waals surface area contributed by atoms with Gasteiger partial charge in [-0.1, -0.05) is 6.07 Å². The van der Waals surface area contributed by atoms with Crippen LogP contribution in [-0.2, 0) is 14.4 Å². The van der Waals surface area contributed by atoms with E-state index in [0.717, 1.165) is 5.56 Å². The number of carbonyl (C=O) groups is 3. The van der Waals surface area contributed by atoms with Crippen LogP contribution in [0.5, 0.6) is 11.5 Å². The van der Waals surface area contributed by atoms with Crippen LogP contribution in [-0.4, -0.2) is 67.9 Å². The summed E-state index contributed by atoms with van der Waals surface area (Å²) in [4.78, 5) is 39.1. The molecule has 1 aliphatic rings. The maximum absolute atomic E-state index is 12.3. The molecule has 0 spiro atoms. The molecule has 1 atom stereocenters. The number of amides is 3. The first kappa shape index (κ1) is 19.6. The molecular weight excluding hydrogens is 338 g/mol. The van der Waals surface area contributed by atoms with Crippen molar-refractivity contribution in [1.82, 2.24) is 15.1 Å². The highest BCUT2D eigenvalue weighted by atomic mass is 16.5. The Labute approximate surface area is 153 Å². The predicted octanol–water partition coefficient (Wildman–Crippen LogP) is 0.572. The number of methoxy groups -OCH3 is 2. The Morgan fingerprint density at radius 2 is 1.58 bits per heavy atom. The molecule has 1 saturated heterocycles. The van der Waals surface area contributed by atoms with Gasteiger partial charge in [0.05, 0.1) is 20.3 Å². The van der Waals surface area contributed by atoms with E-state index < -0.39 is 11.8 Å². The SMILES string of the molecule is COc1ccc(C(C)NC(=O)C(=O)N2CCN(C(C)=O)CC2)cc1OC. The van der Waals surface area contributed by atoms with E-state index in [2.05, 4.69) is 5.32 Å². The van der Waals surface area contributed by atoms with Gasteiger partial charge in [-0.25, -0.2) is 0 Å². The van der Waals surface area contributed by atoms with Crippen molar-refractivity contribution in [3.63, 3.8) is 0 Å². The highest BCUT2D eigenvalue weighted by Gasteiger charge is 2.27. The van der Waals surface area contributed by atoms with Crippen LogP contribution < -0.4 is 14.8 Å². The Morgan fingerprint density at radius 1 is 1.00 bits per heavy atom. The number of carbonyl (C=O) groups excluding carboxylic acids is 3. The molecule has 2 rings (SSSR count). The molecule has 1 aromatic carbocycles. The minimum absolute atomic E-state index is 0.0244. The predicted molar refractivity (Wildman–Crippen MR) is 94.9 cm³/mol. The van der Waals surface area contributed by atoms with Crippen molar-refractivity contribution < 1.29 is 23.9 Å². The summed E-state index contributed by atoms with van der Waals surface area (Å²) in [5.74, 6) is -0.125. The monoisotopic (exact) mass is 363 g/mol. The number of benzene rings is 1. The van der Waals surface area contributed by atoms with E-state index in [1.165, 1.54) is 18.9 Å². The molecule has 0 aliphatic carbocycles. The van der Waals surface area contributed by atoms with Gasteiger partial charge < -0.3 is 24.6 Å². The zero-order valence-corrected chi connectivity index (χ0v) is 15.6. The molecule has 8 heteroatoms. The van der Waals surface area contributed by atoms with Crippen LogP contribution in [0.15, 0.2) is 18.2 Å². The van der Waals surface area contributed by atoms with Crippen molar-refractivity contribution in [2.75, 3.05) is 40.4 Å². The molecule has 8 nitrogen and oxygen atoms in total. The van der Waals surface area contributed by atoms with Crippen LogP contribution in [0.25, 0.3) is 0 Å². The van der Waals surface area contributed by atoms with E-state index in [9.17, 15) is 14.4 Å². The zero-order valence-electron chi connectivity index (χ0n) is 15.6. The summed E-state index contributed by atoms with van der Waals surface area (Å²) in [5, 5.41) is 2.71. The first-order chi connectivity index (χ1) is 12.4. The van der Waals surface area contributed by atoms with Crippen LogP contribution in [0.1, 0.15) is 25.5 Å². The Morgan fingerprint density at radius 3 is 2.12 bits per heavy atom. The Bertz CT molecular complexity index is 683. The topological polar surface area (TPSA) is 88.2 Å². The van der Waals surface area contributed by atoms with Gasteiger partial charge >= 0.3 is 11.8 Å². The van der Waals surface area contributed by atoms with Crippen molar-refractivity contribution in [2.24, 2.45) is 0 Å². The van der Waals surface area contributed by atoms with Crippen molar-refractivity contribution in [2.45, 2.75) is 19.9 Å². The smallest absolute Gasteiger partial charge is 0.312 e. The molecule has 26 heavy (non-hydrogen) atoms. The van der Waals surface area contributed by atoms with E-state index >= 15 is 0 Å². The number of rotatable bonds is 4. The molecule has 1 aromatic rings. The van der Waals surface area contributed by atoms with Crippen LogP contribution in [0.3, 0.4) is 0 Å². The van der Waals surface area contributed by atoms with Gasteiger partial charge in [0.2, 0.25) is 5.91 Å². The van der Waals surface area contributed by atoms with Gasteiger partial charge in [0.25, 0.3) is 0 Å². The van der Waals surface area contributed by atoms with E-state index in [1.807, 2.05) is 6.07 Å². The second-order valence-corrected chi connectivity index (χ2v) is 6.11. The number of piperazine rings is 1. The van der Waals surface area contributed by atoms with E-state index in [0.29, 0.717) is 37.7 Å². The number of hydrogen-bond acceptors (Lipinski definition) is 5. The standard InChI is InChI=1S/C18H25N3O5/c1-12(14-5-6-15(25-3)16(11-14)26-4)19-17(23)18(24)21-9-7-20(8-10-21)13(2)22/h5-6,11-12H,7-10H2,1-4H3,(H,19,23). The maximum Gasteiger partial charge on any atom is 0.312 e. The second-order valence-electron chi connectivity index (χ2n) is 6.11. The third-order valence-corrected chi connectivity index (χ3v) is 4.46. The Hall–Kier alpha value is -2.77. The molecule has 0 radical (unpaired) electrons. The lowest BCUT2D eigenvalue weighted by Gasteiger charge is -2.33. The minimum Gasteiger partial charge on any atom is -0.493 e. The highest BCUT2D eigenvalue weighted by molar-refractivity contribution is 6.35. The largest absolute Gasteiger partial charge is 0.493 e. The summed E-state index contributed by atoms with van der Waals surface area (Å²) in [6.45, 7) is 4.89. The summed E-state index contributed by atoms with van der Waals surface area (Å²) in [7, 11) is 3.09. The molecule has 142 valence electrons. The summed E-state index contributed by atoms with van der Waals surface area (Å²) in [6, 6.07) is 4.95. The fourth-order valence-corrected chi connectivity index (χ4v) is 2.83. The molecule has 3 amide bonds. The second kappa shape index (κ2) is 8.55. The molecule has 1 unspecified atom stereocenters. The fourth-order valence-electron chi connectivity index (χ4n) is 2.83. The van der Waals surface area contributed by atoms with E-state index in [4.69, 9.17) is 9.47 Å². The molecule has 1 aliphatic heterocycles. The van der Waals surface area contributed by atoms with Crippen LogP contribution in [0.2, 0.25) is 0 Å². The molecule has 1 fully saturated rings. The first-order valence-electron chi connectivity index (χ1n) is 8.44. The third-order valence-electron chi connectivity index (χ3n) is 4.46. The third kappa shape index (κ3) is 4.44. The summed E-state index contributed by atoms with van der Waals surface area (Å²) in [5.41, 5.74) is 0.796. The number of ether oxygens (including phenoxy) is 2. The lowest BCUT2D eigenvalue weighted by molar-refractivity contribution is -0.148. The highest BCUT2D eigenvalue weighted by Crippen LogP contribution is 2.29. The van der Waals surface area contributed by atoms with E-state index in [1.54, 1.807) is 31.1 Å². The molecular formula is C18H25N3O5. The fraction of sp³-hybridized carbons (Fsp3) is 0.500. The van der Waals surface area contributed by atoms with Crippen LogP contribution in [0, 0.1) is 0 Å². The summed E-state index contributed by atoms with van der Waals surface area (Å²) < 4.78 is 10.5. The van der Waals surface area contributed by atoms with Gasteiger partial charge in [0, 0.05) is 33.1 Å². The number of hydrogen-bond donors (Lipinski definition) is 1. The van der Waals surface area contributed by atoms with Crippen LogP contribution >= 0.6 is 0 Å². The molecule has 0 bridgehead atoms. The average molecular weight is 363 g/mol. The van der Waals surface area contributed by atoms with Crippen molar-refractivity contribution in [3.05, 3.63) is 23.8 Å². The lowest BCUT2D eigenvalue weighted by Crippen LogP contribution is -2.53. The van der Waals surface area contributed by atoms with Gasteiger partial charge in [-0.3, -0.25) is 14.4 Å². The first-order valence-corrected chi connectivity index (χ1v) is 8.44. The summed E-state index contributed by atoms with van der Waals surface area (Å²) in [6.07, 6.45) is 0. The molecule has 0 saturated carbocycles. The van der Waals surface area contributed by atoms with Crippen molar-refractivity contribution in [3.8, 4) is 11.5 Å². The van der Waals surface area contributed by atoms with E-state index in [-0.39, 0.29) is 11.9 Å². The number of nitrogens with one attached hydrogen (secondary N) is 1. The normalized spacial score (nSPS) is 15.2. The lowest BCUT2D eigenvalue weighted by atomic mass is 10.1. The quantitative estimate of drug-likeness (QED) is 0.791.